The molecule has 2 fully saturated rings. The smallest absolute Gasteiger partial charge is 0.309 e. The van der Waals surface area contributed by atoms with Gasteiger partial charge in [-0.1, -0.05) is 39.8 Å². The van der Waals surface area contributed by atoms with Crippen LogP contribution in [0.5, 0.6) is 0 Å². The second-order valence-corrected chi connectivity index (χ2v) is 10.5. The molecule has 1 aromatic carbocycles. The molecule has 0 spiro atoms. The molecule has 4 heteroatoms. The fraction of sp³-hybridized carbons (Fsp3) is 0.577. The number of fused-ring (bicyclic) bond motifs is 2. The number of rotatable bonds is 3. The van der Waals surface area contributed by atoms with E-state index in [1.807, 2.05) is 25.1 Å². The molecular formula is C26H33FO3. The van der Waals surface area contributed by atoms with Crippen LogP contribution in [0.25, 0.3) is 5.57 Å². The van der Waals surface area contributed by atoms with Crippen LogP contribution in [0.1, 0.15) is 70.9 Å². The number of benzene rings is 1. The van der Waals surface area contributed by atoms with E-state index in [9.17, 15) is 14.3 Å². The van der Waals surface area contributed by atoms with E-state index in [0.29, 0.717) is 12.0 Å². The van der Waals surface area contributed by atoms with Crippen molar-refractivity contribution in [2.24, 2.45) is 16.2 Å². The zero-order chi connectivity index (χ0) is 21.9. The Morgan fingerprint density at radius 2 is 1.93 bits per heavy atom. The number of hydrogen-bond donors (Lipinski definition) is 1. The number of hydrogen-bond acceptors (Lipinski definition) is 3. The minimum atomic E-state index is -0.651. The van der Waals surface area contributed by atoms with E-state index in [0.717, 1.165) is 24.8 Å². The van der Waals surface area contributed by atoms with Crippen LogP contribution < -0.4 is 0 Å². The van der Waals surface area contributed by atoms with Crippen LogP contribution >= 0.6 is 0 Å². The zero-order valence-electron chi connectivity index (χ0n) is 18.7. The molecule has 4 atom stereocenters. The van der Waals surface area contributed by atoms with Crippen molar-refractivity contribution in [2.45, 2.75) is 78.9 Å². The third-order valence-corrected chi connectivity index (χ3v) is 8.73. The minimum absolute atomic E-state index is 0.0363. The van der Waals surface area contributed by atoms with Crippen LogP contribution in [-0.2, 0) is 9.53 Å². The number of cyclic esters (lactones) is 1. The van der Waals surface area contributed by atoms with Gasteiger partial charge in [-0.15, -0.1) is 0 Å². The highest BCUT2D eigenvalue weighted by molar-refractivity contribution is 5.76. The zero-order valence-corrected chi connectivity index (χ0v) is 18.7. The molecule has 3 aliphatic rings. The Bertz CT molecular complexity index is 944. The van der Waals surface area contributed by atoms with Gasteiger partial charge in [0.25, 0.3) is 0 Å². The maximum atomic E-state index is 14.0. The largest absolute Gasteiger partial charge is 0.458 e. The molecule has 0 amide bonds. The van der Waals surface area contributed by atoms with E-state index in [2.05, 4.69) is 33.8 Å². The predicted octanol–water partition coefficient (Wildman–Crippen LogP) is 5.75. The number of aryl methyl sites for hydroxylation is 1. The summed E-state index contributed by atoms with van der Waals surface area (Å²) in [6.07, 6.45) is 6.67. The van der Waals surface area contributed by atoms with Gasteiger partial charge in [-0.3, -0.25) is 4.79 Å². The first-order valence-electron chi connectivity index (χ1n) is 11.0. The summed E-state index contributed by atoms with van der Waals surface area (Å²) >= 11 is 0. The number of halogens is 1. The Hall–Kier alpha value is -1.94. The SMILES string of the molecule is Cc1cc(C2=C(/C=C/C3CC(O)CC(=O)O3)[C@@]3(C)CC[C@](C)(C2)C3(C)C)ccc1F. The lowest BCUT2D eigenvalue weighted by Gasteiger charge is -2.53. The summed E-state index contributed by atoms with van der Waals surface area (Å²) < 4.78 is 19.4. The van der Waals surface area contributed by atoms with E-state index in [4.69, 9.17) is 4.74 Å². The van der Waals surface area contributed by atoms with Gasteiger partial charge in [-0.25, -0.2) is 4.39 Å². The molecule has 162 valence electrons. The average molecular weight is 413 g/mol. The fourth-order valence-corrected chi connectivity index (χ4v) is 5.92. The first-order valence-corrected chi connectivity index (χ1v) is 11.0. The summed E-state index contributed by atoms with van der Waals surface area (Å²) in [5, 5.41) is 9.96. The molecule has 1 saturated carbocycles. The number of carbonyl (C=O) groups excluding carboxylic acids is 1. The summed E-state index contributed by atoms with van der Waals surface area (Å²) in [6, 6.07) is 5.40. The number of ether oxygens (including phenoxy) is 1. The van der Waals surface area contributed by atoms with Crippen molar-refractivity contribution in [3.05, 3.63) is 52.9 Å². The van der Waals surface area contributed by atoms with Crippen LogP contribution in [0.4, 0.5) is 4.39 Å². The molecule has 30 heavy (non-hydrogen) atoms. The van der Waals surface area contributed by atoms with Gasteiger partial charge in [0, 0.05) is 6.42 Å². The molecule has 1 aromatic rings. The molecule has 2 bridgehead atoms. The lowest BCUT2D eigenvalue weighted by Crippen LogP contribution is -2.44. The molecular weight excluding hydrogens is 379 g/mol. The van der Waals surface area contributed by atoms with Crippen molar-refractivity contribution in [3.8, 4) is 0 Å². The molecule has 1 heterocycles. The van der Waals surface area contributed by atoms with Crippen LogP contribution in [0.15, 0.2) is 35.9 Å². The Morgan fingerprint density at radius 1 is 1.20 bits per heavy atom. The summed E-state index contributed by atoms with van der Waals surface area (Å²) in [7, 11) is 0. The summed E-state index contributed by atoms with van der Waals surface area (Å²) in [5.74, 6) is -0.536. The van der Waals surface area contributed by atoms with Gasteiger partial charge >= 0.3 is 5.97 Å². The molecule has 3 nitrogen and oxygen atoms in total. The Kier molecular flexibility index (Phi) is 5.00. The molecule has 0 aromatic heterocycles. The number of carbonyl (C=O) groups is 1. The molecule has 2 unspecified atom stereocenters. The van der Waals surface area contributed by atoms with Gasteiger partial charge in [-0.05, 0) is 82.9 Å². The molecule has 1 N–H and O–H groups in total. The highest BCUT2D eigenvalue weighted by Crippen LogP contribution is 2.71. The van der Waals surface area contributed by atoms with Gasteiger partial charge in [0.1, 0.15) is 11.9 Å². The molecule has 4 rings (SSSR count). The quantitative estimate of drug-likeness (QED) is 0.643. The second kappa shape index (κ2) is 7.05. The van der Waals surface area contributed by atoms with Crippen LogP contribution in [-0.4, -0.2) is 23.3 Å². The standard InChI is InChI=1S/C26H33FO3/c1-16-12-17(6-9-22(16)27)20-15-25(4)10-11-26(5,24(25,2)3)21(20)8-7-19-13-18(28)14-23(29)30-19/h6-9,12,18-19,28H,10-11,13-15H2,1-5H3/b8-7+/t18?,19?,25-,26-/m1/s1. The van der Waals surface area contributed by atoms with Gasteiger partial charge in [-0.2, -0.15) is 0 Å². The Labute approximate surface area is 179 Å². The predicted molar refractivity (Wildman–Crippen MR) is 116 cm³/mol. The van der Waals surface area contributed by atoms with Gasteiger partial charge in [0.15, 0.2) is 0 Å². The van der Waals surface area contributed by atoms with Gasteiger partial charge in [0.05, 0.1) is 12.5 Å². The van der Waals surface area contributed by atoms with E-state index < -0.39 is 12.2 Å². The molecule has 1 saturated heterocycles. The monoisotopic (exact) mass is 412 g/mol. The average Bonchev–Trinajstić information content (AvgIpc) is 2.76. The van der Waals surface area contributed by atoms with Gasteiger partial charge in [0.2, 0.25) is 0 Å². The number of esters is 1. The van der Waals surface area contributed by atoms with E-state index >= 15 is 0 Å². The summed E-state index contributed by atoms with van der Waals surface area (Å²) in [5.41, 5.74) is 4.48. The molecule has 2 aliphatic carbocycles. The summed E-state index contributed by atoms with van der Waals surface area (Å²) in [4.78, 5) is 11.8. The molecule has 0 radical (unpaired) electrons. The van der Waals surface area contributed by atoms with Crippen molar-refractivity contribution in [1.29, 1.82) is 0 Å². The number of allylic oxidation sites excluding steroid dienone is 3. The van der Waals surface area contributed by atoms with E-state index in [1.165, 1.54) is 11.1 Å². The number of aliphatic hydroxyl groups is 1. The lowest BCUT2D eigenvalue weighted by atomic mass is 9.51. The first-order chi connectivity index (χ1) is 14.0. The third-order valence-electron chi connectivity index (χ3n) is 8.73. The van der Waals surface area contributed by atoms with Crippen molar-refractivity contribution in [3.63, 3.8) is 0 Å². The summed E-state index contributed by atoms with van der Waals surface area (Å²) in [6.45, 7) is 11.3. The molecule has 1 aliphatic heterocycles. The fourth-order valence-electron chi connectivity index (χ4n) is 5.92. The number of aliphatic hydroxyl groups excluding tert-OH is 1. The van der Waals surface area contributed by atoms with E-state index in [1.54, 1.807) is 6.07 Å². The van der Waals surface area contributed by atoms with Crippen LogP contribution in [0, 0.1) is 29.0 Å². The van der Waals surface area contributed by atoms with Gasteiger partial charge < -0.3 is 9.84 Å². The lowest BCUT2D eigenvalue weighted by molar-refractivity contribution is -0.156. The van der Waals surface area contributed by atoms with Crippen molar-refractivity contribution < 1.29 is 19.0 Å². The topological polar surface area (TPSA) is 46.5 Å². The van der Waals surface area contributed by atoms with Crippen LogP contribution in [0.2, 0.25) is 0 Å². The second-order valence-electron chi connectivity index (χ2n) is 10.5. The van der Waals surface area contributed by atoms with Crippen molar-refractivity contribution in [1.82, 2.24) is 0 Å². The maximum absolute atomic E-state index is 14.0. The highest BCUT2D eigenvalue weighted by Gasteiger charge is 2.62. The minimum Gasteiger partial charge on any atom is -0.458 e. The Balaban J connectivity index is 1.82. The Morgan fingerprint density at radius 3 is 2.60 bits per heavy atom. The normalized spacial score (nSPS) is 35.8. The third kappa shape index (κ3) is 3.15. The first kappa shape index (κ1) is 21.3. The van der Waals surface area contributed by atoms with Crippen molar-refractivity contribution >= 4 is 11.5 Å². The maximum Gasteiger partial charge on any atom is 0.309 e. The van der Waals surface area contributed by atoms with Crippen LogP contribution in [0.3, 0.4) is 0 Å². The van der Waals surface area contributed by atoms with E-state index in [-0.39, 0.29) is 34.5 Å². The van der Waals surface area contributed by atoms with Crippen molar-refractivity contribution in [2.75, 3.05) is 0 Å². The highest BCUT2D eigenvalue weighted by atomic mass is 19.1.